The molecular weight excluding hydrogens is 243 g/mol. The summed E-state index contributed by atoms with van der Waals surface area (Å²) in [6.45, 7) is 4.65. The van der Waals surface area contributed by atoms with Crippen molar-refractivity contribution in [1.29, 1.82) is 0 Å². The first-order valence-corrected chi connectivity index (χ1v) is 6.58. The monoisotopic (exact) mass is 262 g/mol. The Bertz CT molecular complexity index is 575. The predicted octanol–water partition coefficient (Wildman–Crippen LogP) is 3.01. The molecule has 0 saturated carbocycles. The van der Waals surface area contributed by atoms with Crippen molar-refractivity contribution >= 4 is 16.8 Å². The van der Waals surface area contributed by atoms with Gasteiger partial charge in [0.25, 0.3) is 0 Å². The van der Waals surface area contributed by atoms with Crippen LogP contribution in [0.1, 0.15) is 25.8 Å². The third-order valence-corrected chi connectivity index (χ3v) is 3.04. The summed E-state index contributed by atoms with van der Waals surface area (Å²) in [5.41, 5.74) is 1.89. The molecule has 1 aromatic heterocycles. The Morgan fingerprint density at radius 3 is 2.95 bits per heavy atom. The minimum Gasteiger partial charge on any atom is -0.361 e. The van der Waals surface area contributed by atoms with E-state index >= 15 is 0 Å². The highest BCUT2D eigenvalue weighted by Crippen LogP contribution is 2.19. The third-order valence-electron chi connectivity index (χ3n) is 3.04. The van der Waals surface area contributed by atoms with E-state index in [1.165, 1.54) is 12.1 Å². The van der Waals surface area contributed by atoms with Crippen LogP contribution in [-0.2, 0) is 11.2 Å². The Morgan fingerprint density at radius 1 is 1.42 bits per heavy atom. The molecular formula is C15H19FN2O. The number of carbonyl (C=O) groups is 1. The quantitative estimate of drug-likeness (QED) is 0.854. The highest BCUT2D eigenvalue weighted by Gasteiger charge is 2.06. The van der Waals surface area contributed by atoms with E-state index in [1.807, 2.05) is 20.0 Å². The van der Waals surface area contributed by atoms with E-state index in [1.54, 1.807) is 6.07 Å². The van der Waals surface area contributed by atoms with Crippen LogP contribution >= 0.6 is 0 Å². The van der Waals surface area contributed by atoms with Gasteiger partial charge in [-0.2, -0.15) is 0 Å². The third kappa shape index (κ3) is 3.56. The number of hydrogen-bond acceptors (Lipinski definition) is 1. The van der Waals surface area contributed by atoms with E-state index in [2.05, 4.69) is 10.3 Å². The number of fused-ring (bicyclic) bond motifs is 1. The fraction of sp³-hybridized carbons (Fsp3) is 0.400. The molecule has 0 saturated heterocycles. The highest BCUT2D eigenvalue weighted by atomic mass is 19.1. The molecule has 0 unspecified atom stereocenters. The lowest BCUT2D eigenvalue weighted by Gasteiger charge is -2.06. The van der Waals surface area contributed by atoms with Crippen LogP contribution in [0.3, 0.4) is 0 Å². The Labute approximate surface area is 112 Å². The van der Waals surface area contributed by atoms with Crippen LogP contribution in [0.25, 0.3) is 10.9 Å². The van der Waals surface area contributed by atoms with Crippen molar-refractivity contribution < 1.29 is 9.18 Å². The van der Waals surface area contributed by atoms with Crippen molar-refractivity contribution in [2.24, 2.45) is 5.92 Å². The first-order chi connectivity index (χ1) is 9.06. The molecule has 2 rings (SSSR count). The van der Waals surface area contributed by atoms with Gasteiger partial charge >= 0.3 is 0 Å². The van der Waals surface area contributed by atoms with E-state index in [-0.39, 0.29) is 11.7 Å². The number of carbonyl (C=O) groups excluding carboxylic acids is 1. The van der Waals surface area contributed by atoms with E-state index in [0.717, 1.165) is 22.9 Å². The predicted molar refractivity (Wildman–Crippen MR) is 74.4 cm³/mol. The van der Waals surface area contributed by atoms with Gasteiger partial charge in [-0.05, 0) is 36.1 Å². The molecule has 0 aliphatic rings. The fourth-order valence-electron chi connectivity index (χ4n) is 2.14. The summed E-state index contributed by atoms with van der Waals surface area (Å²) in [5, 5.41) is 3.91. The zero-order valence-electron chi connectivity index (χ0n) is 11.3. The molecule has 1 aromatic carbocycles. The van der Waals surface area contributed by atoms with Gasteiger partial charge in [0.2, 0.25) is 5.91 Å². The molecule has 0 radical (unpaired) electrons. The number of amides is 1. The van der Waals surface area contributed by atoms with Crippen LogP contribution in [0, 0.1) is 11.7 Å². The van der Waals surface area contributed by atoms with Gasteiger partial charge in [-0.15, -0.1) is 0 Å². The Kier molecular flexibility index (Phi) is 4.20. The first kappa shape index (κ1) is 13.6. The summed E-state index contributed by atoms with van der Waals surface area (Å²) in [7, 11) is 0. The Hall–Kier alpha value is -1.84. The number of hydrogen-bond donors (Lipinski definition) is 2. The molecule has 0 atom stereocenters. The summed E-state index contributed by atoms with van der Waals surface area (Å²) in [6, 6.07) is 4.71. The maximum absolute atomic E-state index is 13.0. The zero-order valence-corrected chi connectivity index (χ0v) is 11.3. The van der Waals surface area contributed by atoms with Crippen molar-refractivity contribution in [2.45, 2.75) is 26.7 Å². The largest absolute Gasteiger partial charge is 0.361 e. The van der Waals surface area contributed by atoms with Crippen molar-refractivity contribution in [3.8, 4) is 0 Å². The molecule has 4 heteroatoms. The minimum absolute atomic E-state index is 0.0842. The average molecular weight is 262 g/mol. The maximum Gasteiger partial charge on any atom is 0.220 e. The Morgan fingerprint density at radius 2 is 2.21 bits per heavy atom. The number of aromatic amines is 1. The number of aromatic nitrogens is 1. The smallest absolute Gasteiger partial charge is 0.220 e. The van der Waals surface area contributed by atoms with Crippen molar-refractivity contribution in [3.05, 3.63) is 35.8 Å². The summed E-state index contributed by atoms with van der Waals surface area (Å²) in [5.74, 6) is 0.211. The van der Waals surface area contributed by atoms with Crippen molar-refractivity contribution in [2.75, 3.05) is 6.54 Å². The molecule has 0 aliphatic heterocycles. The van der Waals surface area contributed by atoms with E-state index < -0.39 is 0 Å². The van der Waals surface area contributed by atoms with Gasteiger partial charge in [-0.1, -0.05) is 13.8 Å². The van der Waals surface area contributed by atoms with Crippen LogP contribution in [0.15, 0.2) is 24.4 Å². The first-order valence-electron chi connectivity index (χ1n) is 6.58. The number of benzene rings is 1. The molecule has 19 heavy (non-hydrogen) atoms. The van der Waals surface area contributed by atoms with Gasteiger partial charge < -0.3 is 10.3 Å². The van der Waals surface area contributed by atoms with Crippen LogP contribution in [0.4, 0.5) is 4.39 Å². The molecule has 1 heterocycles. The lowest BCUT2D eigenvalue weighted by Crippen LogP contribution is -2.26. The van der Waals surface area contributed by atoms with Crippen molar-refractivity contribution in [1.82, 2.24) is 10.3 Å². The number of nitrogens with one attached hydrogen (secondary N) is 2. The standard InChI is InChI=1S/C15H19FN2O/c1-10(2)7-15(19)17-6-5-11-9-18-14-8-12(16)3-4-13(11)14/h3-4,8-10,18H,5-7H2,1-2H3,(H,17,19). The maximum atomic E-state index is 13.0. The molecule has 1 amide bonds. The number of halogens is 1. The summed E-state index contributed by atoms with van der Waals surface area (Å²) < 4.78 is 13.0. The lowest BCUT2D eigenvalue weighted by molar-refractivity contribution is -0.121. The topological polar surface area (TPSA) is 44.9 Å². The fourth-order valence-corrected chi connectivity index (χ4v) is 2.14. The second kappa shape index (κ2) is 5.87. The van der Waals surface area contributed by atoms with Gasteiger partial charge in [-0.3, -0.25) is 4.79 Å². The van der Waals surface area contributed by atoms with Crippen molar-refractivity contribution in [3.63, 3.8) is 0 Å². The minimum atomic E-state index is -0.244. The molecule has 0 spiro atoms. The van der Waals surface area contributed by atoms with Gasteiger partial charge in [0, 0.05) is 30.1 Å². The van der Waals surface area contributed by atoms with E-state index in [0.29, 0.717) is 18.9 Å². The lowest BCUT2D eigenvalue weighted by atomic mass is 10.1. The molecule has 0 aliphatic carbocycles. The van der Waals surface area contributed by atoms with Gasteiger partial charge in [0.15, 0.2) is 0 Å². The van der Waals surface area contributed by atoms with Gasteiger partial charge in [0.05, 0.1) is 0 Å². The molecule has 2 aromatic rings. The highest BCUT2D eigenvalue weighted by molar-refractivity contribution is 5.83. The SMILES string of the molecule is CC(C)CC(=O)NCCc1c[nH]c2cc(F)ccc12. The summed E-state index contributed by atoms with van der Waals surface area (Å²) in [6.07, 6.45) is 3.17. The van der Waals surface area contributed by atoms with Gasteiger partial charge in [0.1, 0.15) is 5.82 Å². The van der Waals surface area contributed by atoms with Crippen LogP contribution < -0.4 is 5.32 Å². The van der Waals surface area contributed by atoms with Crippen LogP contribution in [-0.4, -0.2) is 17.4 Å². The molecule has 102 valence electrons. The number of rotatable bonds is 5. The normalized spacial score (nSPS) is 11.2. The van der Waals surface area contributed by atoms with E-state index in [9.17, 15) is 9.18 Å². The Balaban J connectivity index is 1.93. The second-order valence-corrected chi connectivity index (χ2v) is 5.20. The van der Waals surface area contributed by atoms with Crippen LogP contribution in [0.2, 0.25) is 0 Å². The molecule has 0 fully saturated rings. The summed E-state index contributed by atoms with van der Waals surface area (Å²) in [4.78, 5) is 14.6. The van der Waals surface area contributed by atoms with E-state index in [4.69, 9.17) is 0 Å². The van der Waals surface area contributed by atoms with Gasteiger partial charge in [-0.25, -0.2) is 4.39 Å². The average Bonchev–Trinajstić information content (AvgIpc) is 2.70. The number of H-pyrrole nitrogens is 1. The second-order valence-electron chi connectivity index (χ2n) is 5.20. The van der Waals surface area contributed by atoms with Crippen LogP contribution in [0.5, 0.6) is 0 Å². The molecule has 0 bridgehead atoms. The summed E-state index contributed by atoms with van der Waals surface area (Å²) >= 11 is 0. The molecule has 2 N–H and O–H groups in total. The molecule has 3 nitrogen and oxygen atoms in total. The zero-order chi connectivity index (χ0) is 13.8.